The molecule has 11 nitrogen and oxygen atoms in total. The number of rotatable bonds is 6. The van der Waals surface area contributed by atoms with Crippen LogP contribution >= 0.6 is 0 Å². The van der Waals surface area contributed by atoms with Crippen LogP contribution in [-0.4, -0.2) is 70.4 Å². The largest absolute Gasteiger partial charge is 0.462 e. The lowest BCUT2D eigenvalue weighted by Crippen LogP contribution is -2.47. The number of amides is 1. The van der Waals surface area contributed by atoms with Crippen LogP contribution in [0, 0.1) is 0 Å². The van der Waals surface area contributed by atoms with E-state index in [9.17, 15) is 9.59 Å². The summed E-state index contributed by atoms with van der Waals surface area (Å²) in [5, 5.41) is 2.69. The Kier molecular flexibility index (Phi) is 7.39. The average Bonchev–Trinajstić information content (AvgIpc) is 2.77. The first-order chi connectivity index (χ1) is 15.2. The molecule has 3 heterocycles. The summed E-state index contributed by atoms with van der Waals surface area (Å²) in [7, 11) is 0. The quantitative estimate of drug-likeness (QED) is 0.661. The summed E-state index contributed by atoms with van der Waals surface area (Å²) in [6, 6.07) is 0. The Hall–Kier alpha value is -3.50. The van der Waals surface area contributed by atoms with Gasteiger partial charge in [-0.3, -0.25) is 0 Å². The molecule has 1 amide bonds. The molecule has 0 bridgehead atoms. The standard InChI is InChI=1S/C21H29N7O4/c1-5-31-17(29)16-13-24-19(25-14-16)28-8-6-27(7-9-28)18-22-10-15(11-23-18)12-26-20(30)32-21(2,3)4/h10-11,13-14H,5-9,12H2,1-4H3,(H,26,30). The highest BCUT2D eigenvalue weighted by atomic mass is 16.6. The molecule has 0 unspecified atom stereocenters. The van der Waals surface area contributed by atoms with Gasteiger partial charge in [0.2, 0.25) is 11.9 Å². The van der Waals surface area contributed by atoms with E-state index in [1.54, 1.807) is 19.3 Å². The van der Waals surface area contributed by atoms with E-state index in [1.807, 2.05) is 25.7 Å². The first kappa shape index (κ1) is 23.2. The van der Waals surface area contributed by atoms with E-state index >= 15 is 0 Å². The molecule has 2 aromatic rings. The van der Waals surface area contributed by atoms with E-state index in [2.05, 4.69) is 30.2 Å². The highest BCUT2D eigenvalue weighted by Gasteiger charge is 2.21. The first-order valence-corrected chi connectivity index (χ1v) is 10.5. The van der Waals surface area contributed by atoms with Crippen LogP contribution in [0.2, 0.25) is 0 Å². The molecule has 1 saturated heterocycles. The van der Waals surface area contributed by atoms with E-state index in [4.69, 9.17) is 9.47 Å². The highest BCUT2D eigenvalue weighted by Crippen LogP contribution is 2.15. The lowest BCUT2D eigenvalue weighted by atomic mass is 10.2. The van der Waals surface area contributed by atoms with Gasteiger partial charge in [0.1, 0.15) is 5.60 Å². The summed E-state index contributed by atoms with van der Waals surface area (Å²) in [5.74, 6) is 0.775. The normalized spacial score (nSPS) is 14.1. The van der Waals surface area contributed by atoms with Gasteiger partial charge >= 0.3 is 12.1 Å². The van der Waals surface area contributed by atoms with Crippen molar-refractivity contribution in [2.75, 3.05) is 42.6 Å². The Morgan fingerprint density at radius 3 is 1.91 bits per heavy atom. The van der Waals surface area contributed by atoms with Gasteiger partial charge in [0.05, 0.1) is 12.2 Å². The molecule has 1 aliphatic rings. The molecule has 0 atom stereocenters. The smallest absolute Gasteiger partial charge is 0.407 e. The number of ether oxygens (including phenoxy) is 2. The monoisotopic (exact) mass is 443 g/mol. The Morgan fingerprint density at radius 1 is 0.938 bits per heavy atom. The Bertz CT molecular complexity index is 905. The zero-order valence-corrected chi connectivity index (χ0v) is 18.9. The molecular formula is C21H29N7O4. The van der Waals surface area contributed by atoms with Gasteiger partial charge < -0.3 is 24.6 Å². The van der Waals surface area contributed by atoms with Crippen molar-refractivity contribution in [1.29, 1.82) is 0 Å². The number of carbonyl (C=O) groups excluding carboxylic acids is 2. The topological polar surface area (TPSA) is 123 Å². The van der Waals surface area contributed by atoms with Crippen LogP contribution in [-0.2, 0) is 16.0 Å². The molecule has 172 valence electrons. The molecular weight excluding hydrogens is 414 g/mol. The second-order valence-corrected chi connectivity index (χ2v) is 8.21. The summed E-state index contributed by atoms with van der Waals surface area (Å²) in [5.41, 5.74) is 0.581. The van der Waals surface area contributed by atoms with Crippen molar-refractivity contribution in [1.82, 2.24) is 25.3 Å². The minimum Gasteiger partial charge on any atom is -0.462 e. The number of hydrogen-bond acceptors (Lipinski definition) is 10. The second kappa shape index (κ2) is 10.2. The third-order valence-corrected chi connectivity index (χ3v) is 4.52. The van der Waals surface area contributed by atoms with Crippen LogP contribution in [0.4, 0.5) is 16.7 Å². The molecule has 32 heavy (non-hydrogen) atoms. The van der Waals surface area contributed by atoms with Crippen molar-refractivity contribution in [2.45, 2.75) is 39.8 Å². The highest BCUT2D eigenvalue weighted by molar-refractivity contribution is 5.88. The number of aromatic nitrogens is 4. The fourth-order valence-electron chi connectivity index (χ4n) is 3.00. The third-order valence-electron chi connectivity index (χ3n) is 4.52. The maximum atomic E-state index is 11.8. The lowest BCUT2D eigenvalue weighted by Gasteiger charge is -2.34. The molecule has 1 N–H and O–H groups in total. The van der Waals surface area contributed by atoms with Crippen LogP contribution in [0.15, 0.2) is 24.8 Å². The number of nitrogens with one attached hydrogen (secondary N) is 1. The number of carbonyl (C=O) groups is 2. The van der Waals surface area contributed by atoms with Crippen LogP contribution < -0.4 is 15.1 Å². The van der Waals surface area contributed by atoms with Crippen molar-refractivity contribution in [3.63, 3.8) is 0 Å². The Morgan fingerprint density at radius 2 is 1.44 bits per heavy atom. The van der Waals surface area contributed by atoms with E-state index in [-0.39, 0.29) is 0 Å². The van der Waals surface area contributed by atoms with Gasteiger partial charge in [-0.2, -0.15) is 0 Å². The maximum Gasteiger partial charge on any atom is 0.407 e. The van der Waals surface area contributed by atoms with Crippen LogP contribution in [0.5, 0.6) is 0 Å². The van der Waals surface area contributed by atoms with Gasteiger partial charge in [-0.25, -0.2) is 29.5 Å². The van der Waals surface area contributed by atoms with Crippen molar-refractivity contribution in [3.8, 4) is 0 Å². The van der Waals surface area contributed by atoms with Gasteiger partial charge in [-0.05, 0) is 27.7 Å². The third kappa shape index (κ3) is 6.50. The number of alkyl carbamates (subject to hydrolysis) is 1. The van der Waals surface area contributed by atoms with Gasteiger partial charge in [-0.1, -0.05) is 0 Å². The molecule has 0 radical (unpaired) electrons. The van der Waals surface area contributed by atoms with Gasteiger partial charge in [-0.15, -0.1) is 0 Å². The molecule has 1 aliphatic heterocycles. The fourth-order valence-corrected chi connectivity index (χ4v) is 3.00. The van der Waals surface area contributed by atoms with E-state index in [1.165, 1.54) is 12.4 Å². The number of anilines is 2. The Labute approximate surface area is 187 Å². The summed E-state index contributed by atoms with van der Waals surface area (Å²) in [6.45, 7) is 10.6. The van der Waals surface area contributed by atoms with E-state index in [0.717, 1.165) is 5.56 Å². The molecule has 0 aromatic carbocycles. The minimum atomic E-state index is -0.541. The molecule has 11 heteroatoms. The van der Waals surface area contributed by atoms with Gasteiger partial charge in [0.25, 0.3) is 0 Å². The molecule has 0 aliphatic carbocycles. The molecule has 0 saturated carbocycles. The average molecular weight is 444 g/mol. The minimum absolute atomic E-state index is 0.294. The molecule has 3 rings (SSSR count). The Balaban J connectivity index is 1.48. The zero-order chi connectivity index (χ0) is 23.1. The number of piperazine rings is 1. The maximum absolute atomic E-state index is 11.8. The summed E-state index contributed by atoms with van der Waals surface area (Å²) in [6.07, 6.45) is 5.89. The summed E-state index contributed by atoms with van der Waals surface area (Å²) in [4.78, 5) is 45.0. The molecule has 1 fully saturated rings. The number of esters is 1. The fraction of sp³-hybridized carbons (Fsp3) is 0.524. The van der Waals surface area contributed by atoms with E-state index < -0.39 is 17.7 Å². The lowest BCUT2D eigenvalue weighted by molar-refractivity contribution is 0.0514. The zero-order valence-electron chi connectivity index (χ0n) is 18.9. The predicted octanol–water partition coefficient (Wildman–Crippen LogP) is 1.79. The molecule has 0 spiro atoms. The number of nitrogens with zero attached hydrogens (tertiary/aromatic N) is 6. The van der Waals surface area contributed by atoms with Crippen LogP contribution in [0.3, 0.4) is 0 Å². The van der Waals surface area contributed by atoms with Crippen molar-refractivity contribution in [3.05, 3.63) is 35.9 Å². The van der Waals surface area contributed by atoms with Crippen LogP contribution in [0.1, 0.15) is 43.6 Å². The predicted molar refractivity (Wildman–Crippen MR) is 118 cm³/mol. The first-order valence-electron chi connectivity index (χ1n) is 10.5. The van der Waals surface area contributed by atoms with E-state index in [0.29, 0.717) is 56.8 Å². The second-order valence-electron chi connectivity index (χ2n) is 8.21. The SMILES string of the molecule is CCOC(=O)c1cnc(N2CCN(c3ncc(CNC(=O)OC(C)(C)C)cn3)CC2)nc1. The van der Waals surface area contributed by atoms with Crippen LogP contribution in [0.25, 0.3) is 0 Å². The summed E-state index contributed by atoms with van der Waals surface area (Å²) >= 11 is 0. The van der Waals surface area contributed by atoms with Crippen molar-refractivity contribution < 1.29 is 19.1 Å². The van der Waals surface area contributed by atoms with Crippen molar-refractivity contribution >= 4 is 24.0 Å². The van der Waals surface area contributed by atoms with Crippen molar-refractivity contribution in [2.24, 2.45) is 0 Å². The van der Waals surface area contributed by atoms with Gasteiger partial charge in [0, 0.05) is 63.1 Å². The van der Waals surface area contributed by atoms with Gasteiger partial charge in [0.15, 0.2) is 0 Å². The summed E-state index contributed by atoms with van der Waals surface area (Å²) < 4.78 is 10.2. The number of hydrogen-bond donors (Lipinski definition) is 1. The molecule has 2 aromatic heterocycles.